The number of nitrogens with zero attached hydrogens (tertiary/aromatic N) is 1. The summed E-state index contributed by atoms with van der Waals surface area (Å²) in [6.07, 6.45) is 5.54. The molecule has 0 spiro atoms. The molecule has 0 atom stereocenters. The predicted octanol–water partition coefficient (Wildman–Crippen LogP) is 5.30. The molecule has 2 aromatic carbocycles. The van der Waals surface area contributed by atoms with Crippen molar-refractivity contribution in [2.45, 2.75) is 39.0 Å². The Balaban J connectivity index is 0.00000243. The number of carbonyl (C=O) groups excluding carboxylic acids is 1. The number of benzene rings is 2. The number of halogens is 2. The van der Waals surface area contributed by atoms with Gasteiger partial charge >= 0.3 is 0 Å². The average Bonchev–Trinajstić information content (AvgIpc) is 2.61. The Morgan fingerprint density at radius 1 is 1.08 bits per heavy atom. The summed E-state index contributed by atoms with van der Waals surface area (Å²) in [6.45, 7) is 2.39. The predicted molar refractivity (Wildman–Crippen MR) is 94.6 cm³/mol. The fourth-order valence-corrected chi connectivity index (χ4v) is 3.41. The molecule has 3 rings (SSSR count). The Hall–Kier alpha value is -1.52. The van der Waals surface area contributed by atoms with E-state index in [1.54, 1.807) is 12.1 Å². The molecule has 2 aromatic rings. The van der Waals surface area contributed by atoms with Gasteiger partial charge in [0.2, 0.25) is 0 Å². The summed E-state index contributed by atoms with van der Waals surface area (Å²) < 4.78 is 27.5. The first-order valence-corrected chi connectivity index (χ1v) is 8.80. The molecule has 0 bridgehead atoms. The van der Waals surface area contributed by atoms with Crippen LogP contribution in [0.1, 0.15) is 48.0 Å². The third-order valence-corrected chi connectivity index (χ3v) is 4.84. The van der Waals surface area contributed by atoms with Crippen molar-refractivity contribution in [1.29, 1.82) is 0 Å². The molecule has 1 radical (unpaired) electrons. The summed E-state index contributed by atoms with van der Waals surface area (Å²) in [6, 6.07) is 11.7. The SMILES string of the molecule is Cc1ccc(C(=O)N(CC2CCCCC2)c2ccc(F)[c]c2F)cc1.[Ti]. The number of amides is 1. The monoisotopic (exact) mass is 390 g/mol. The van der Waals surface area contributed by atoms with Gasteiger partial charge in [0, 0.05) is 33.8 Å². The Morgan fingerprint density at radius 2 is 1.73 bits per heavy atom. The fraction of sp³-hybridized carbons (Fsp3) is 0.381. The van der Waals surface area contributed by atoms with E-state index in [1.807, 2.05) is 25.1 Å². The number of carbonyl (C=O) groups is 1. The van der Waals surface area contributed by atoms with E-state index >= 15 is 0 Å². The van der Waals surface area contributed by atoms with Crippen LogP contribution in [0, 0.1) is 30.5 Å². The Labute approximate surface area is 168 Å². The minimum Gasteiger partial charge on any atom is -0.305 e. The maximum absolute atomic E-state index is 14.3. The van der Waals surface area contributed by atoms with Gasteiger partial charge in [-0.3, -0.25) is 4.79 Å². The molecule has 0 aliphatic heterocycles. The van der Waals surface area contributed by atoms with Gasteiger partial charge in [0.15, 0.2) is 5.82 Å². The standard InChI is InChI=1S/C21H22F2NO.Ti/c1-15-7-9-17(10-8-15)21(25)24(14-16-5-3-2-4-6-16)20-12-11-18(22)13-19(20)23;/h7-12,16H,2-6,14H2,1H3;. The molecule has 0 saturated heterocycles. The normalized spacial score (nSPS) is 14.6. The molecule has 0 heterocycles. The number of hydrogen-bond donors (Lipinski definition) is 0. The molecule has 0 aromatic heterocycles. The summed E-state index contributed by atoms with van der Waals surface area (Å²) >= 11 is 0. The Bertz CT molecular complexity index is 742. The molecule has 26 heavy (non-hydrogen) atoms. The molecule has 0 N–H and O–H groups in total. The van der Waals surface area contributed by atoms with Crippen molar-refractivity contribution in [3.05, 3.63) is 65.2 Å². The average molecular weight is 390 g/mol. The number of rotatable bonds is 4. The Morgan fingerprint density at radius 3 is 2.35 bits per heavy atom. The van der Waals surface area contributed by atoms with Gasteiger partial charge in [-0.2, -0.15) is 0 Å². The molecular formula is C21H22F2NOTi. The topological polar surface area (TPSA) is 20.3 Å². The van der Waals surface area contributed by atoms with Gasteiger partial charge in [0.05, 0.1) is 11.8 Å². The van der Waals surface area contributed by atoms with Crippen molar-refractivity contribution in [3.63, 3.8) is 0 Å². The first kappa shape index (κ1) is 20.8. The van der Waals surface area contributed by atoms with Crippen molar-refractivity contribution in [2.24, 2.45) is 5.92 Å². The minimum absolute atomic E-state index is 0. The molecule has 1 aliphatic carbocycles. The molecule has 1 aliphatic rings. The summed E-state index contributed by atoms with van der Waals surface area (Å²) in [4.78, 5) is 14.5. The van der Waals surface area contributed by atoms with E-state index in [4.69, 9.17) is 0 Å². The van der Waals surface area contributed by atoms with Crippen molar-refractivity contribution < 1.29 is 35.3 Å². The summed E-state index contributed by atoms with van der Waals surface area (Å²) in [5, 5.41) is 0. The van der Waals surface area contributed by atoms with Crippen molar-refractivity contribution >= 4 is 11.6 Å². The molecule has 1 fully saturated rings. The van der Waals surface area contributed by atoms with E-state index in [0.717, 1.165) is 37.3 Å². The van der Waals surface area contributed by atoms with Crippen molar-refractivity contribution in [2.75, 3.05) is 11.4 Å². The quantitative estimate of drug-likeness (QED) is 0.649. The van der Waals surface area contributed by atoms with Gasteiger partial charge in [0.25, 0.3) is 5.91 Å². The second-order valence-electron chi connectivity index (χ2n) is 6.79. The van der Waals surface area contributed by atoms with Crippen LogP contribution in [0.5, 0.6) is 0 Å². The molecular weight excluding hydrogens is 368 g/mol. The Kier molecular flexibility index (Phi) is 7.54. The number of hydrogen-bond acceptors (Lipinski definition) is 1. The number of aryl methyl sites for hydroxylation is 1. The van der Waals surface area contributed by atoms with E-state index < -0.39 is 11.6 Å². The van der Waals surface area contributed by atoms with E-state index in [2.05, 4.69) is 0 Å². The maximum atomic E-state index is 14.3. The largest absolute Gasteiger partial charge is 0.305 e. The van der Waals surface area contributed by atoms with Gasteiger partial charge < -0.3 is 4.90 Å². The van der Waals surface area contributed by atoms with Gasteiger partial charge in [0.1, 0.15) is 5.82 Å². The third kappa shape index (κ3) is 5.02. The summed E-state index contributed by atoms with van der Waals surface area (Å²) in [7, 11) is 0. The van der Waals surface area contributed by atoms with Crippen LogP contribution in [-0.2, 0) is 21.7 Å². The fourth-order valence-electron chi connectivity index (χ4n) is 3.41. The molecule has 1 saturated carbocycles. The van der Waals surface area contributed by atoms with Crippen LogP contribution in [-0.4, -0.2) is 12.5 Å². The first-order chi connectivity index (χ1) is 12.0. The van der Waals surface area contributed by atoms with Gasteiger partial charge in [-0.25, -0.2) is 8.78 Å². The molecule has 5 heteroatoms. The molecule has 1 amide bonds. The summed E-state index contributed by atoms with van der Waals surface area (Å²) in [5.74, 6) is -1.50. The molecule has 0 unspecified atom stereocenters. The van der Waals surface area contributed by atoms with Crippen LogP contribution in [0.3, 0.4) is 0 Å². The first-order valence-electron chi connectivity index (χ1n) is 8.80. The molecule has 135 valence electrons. The van der Waals surface area contributed by atoms with Crippen LogP contribution in [0.4, 0.5) is 14.5 Å². The minimum atomic E-state index is -0.823. The smallest absolute Gasteiger partial charge is 0.258 e. The second kappa shape index (κ2) is 9.43. The van der Waals surface area contributed by atoms with Crippen LogP contribution in [0.25, 0.3) is 0 Å². The van der Waals surface area contributed by atoms with Gasteiger partial charge in [-0.15, -0.1) is 0 Å². The summed E-state index contributed by atoms with van der Waals surface area (Å²) in [5.41, 5.74) is 1.65. The zero-order valence-electron chi connectivity index (χ0n) is 14.9. The van der Waals surface area contributed by atoms with E-state index in [-0.39, 0.29) is 33.3 Å². The zero-order valence-corrected chi connectivity index (χ0v) is 16.5. The van der Waals surface area contributed by atoms with Crippen LogP contribution >= 0.6 is 0 Å². The maximum Gasteiger partial charge on any atom is 0.258 e. The van der Waals surface area contributed by atoms with Crippen LogP contribution < -0.4 is 4.90 Å². The molecule has 2 nitrogen and oxygen atoms in total. The van der Waals surface area contributed by atoms with E-state index in [1.165, 1.54) is 17.4 Å². The van der Waals surface area contributed by atoms with Crippen molar-refractivity contribution in [1.82, 2.24) is 0 Å². The number of anilines is 1. The van der Waals surface area contributed by atoms with Crippen LogP contribution in [0.15, 0.2) is 36.4 Å². The van der Waals surface area contributed by atoms with Crippen LogP contribution in [0.2, 0.25) is 0 Å². The van der Waals surface area contributed by atoms with Gasteiger partial charge in [-0.1, -0.05) is 37.0 Å². The van der Waals surface area contributed by atoms with Gasteiger partial charge in [-0.05, 0) is 49.9 Å². The van der Waals surface area contributed by atoms with E-state index in [9.17, 15) is 13.6 Å². The van der Waals surface area contributed by atoms with Crippen molar-refractivity contribution in [3.8, 4) is 0 Å². The second-order valence-corrected chi connectivity index (χ2v) is 6.79. The van der Waals surface area contributed by atoms with E-state index in [0.29, 0.717) is 18.0 Å². The zero-order chi connectivity index (χ0) is 17.8. The third-order valence-electron chi connectivity index (χ3n) is 4.84.